The average molecular weight is 397 g/mol. The second-order valence-electron chi connectivity index (χ2n) is 10.6. The third kappa shape index (κ3) is 5.15. The third-order valence-corrected chi connectivity index (χ3v) is 5.98. The predicted octanol–water partition coefficient (Wildman–Crippen LogP) is 7.63. The van der Waals surface area contributed by atoms with Crippen LogP contribution in [0.4, 0.5) is 0 Å². The fraction of sp³-hybridized carbons (Fsp3) is 0.556. The maximum Gasteiger partial charge on any atom is 0.119 e. The summed E-state index contributed by atoms with van der Waals surface area (Å²) in [6, 6.07) is 8.28. The molecule has 0 fully saturated rings. The normalized spacial score (nSPS) is 12.6. The first-order valence-electron chi connectivity index (χ1n) is 10.9. The molecule has 0 aliphatic rings. The Morgan fingerprint density at radius 1 is 0.724 bits per heavy atom. The van der Waals surface area contributed by atoms with Crippen molar-refractivity contribution in [1.29, 1.82) is 0 Å². The molecule has 0 atom stereocenters. The van der Waals surface area contributed by atoms with E-state index in [-0.39, 0.29) is 16.7 Å². The van der Waals surface area contributed by atoms with Crippen molar-refractivity contribution < 1.29 is 10.2 Å². The molecule has 0 unspecified atom stereocenters. The third-order valence-electron chi connectivity index (χ3n) is 5.98. The molecule has 0 aliphatic heterocycles. The molecule has 0 heterocycles. The SMILES string of the molecule is CCCCC(c1cc(C(C)(C)C)c(O)cc1C)c1cc(C(C)(C)C)c(O)cc1C. The van der Waals surface area contributed by atoms with Crippen molar-refractivity contribution in [3.63, 3.8) is 0 Å². The lowest BCUT2D eigenvalue weighted by Gasteiger charge is -2.29. The number of benzene rings is 2. The van der Waals surface area contributed by atoms with Crippen LogP contribution in [0.3, 0.4) is 0 Å². The Bertz CT molecular complexity index is 794. The zero-order valence-electron chi connectivity index (χ0n) is 19.9. The van der Waals surface area contributed by atoms with Crippen LogP contribution in [0.25, 0.3) is 0 Å². The lowest BCUT2D eigenvalue weighted by atomic mass is 9.76. The molecule has 0 spiro atoms. The summed E-state index contributed by atoms with van der Waals surface area (Å²) < 4.78 is 0. The molecule has 0 saturated carbocycles. The van der Waals surface area contributed by atoms with E-state index in [1.165, 1.54) is 11.1 Å². The molecule has 2 aromatic carbocycles. The molecule has 2 aromatic rings. The first kappa shape index (κ1) is 23.3. The monoisotopic (exact) mass is 396 g/mol. The van der Waals surface area contributed by atoms with E-state index in [2.05, 4.69) is 74.4 Å². The molecular formula is C27H40O2. The van der Waals surface area contributed by atoms with Gasteiger partial charge in [0.2, 0.25) is 0 Å². The van der Waals surface area contributed by atoms with Gasteiger partial charge in [-0.2, -0.15) is 0 Å². The highest BCUT2D eigenvalue weighted by atomic mass is 16.3. The van der Waals surface area contributed by atoms with E-state index in [1.807, 2.05) is 12.1 Å². The summed E-state index contributed by atoms with van der Waals surface area (Å²) in [7, 11) is 0. The van der Waals surface area contributed by atoms with Crippen LogP contribution in [0, 0.1) is 13.8 Å². The van der Waals surface area contributed by atoms with Gasteiger partial charge >= 0.3 is 0 Å². The first-order chi connectivity index (χ1) is 13.3. The van der Waals surface area contributed by atoms with Crippen molar-refractivity contribution in [2.75, 3.05) is 0 Å². The zero-order chi connectivity index (χ0) is 22.1. The number of unbranched alkanes of at least 4 members (excludes halogenated alkanes) is 1. The van der Waals surface area contributed by atoms with Gasteiger partial charge in [-0.05, 0) is 76.6 Å². The number of hydrogen-bond acceptors (Lipinski definition) is 2. The Morgan fingerprint density at radius 3 is 1.41 bits per heavy atom. The van der Waals surface area contributed by atoms with Crippen LogP contribution in [-0.2, 0) is 10.8 Å². The topological polar surface area (TPSA) is 40.5 Å². The van der Waals surface area contributed by atoms with Crippen molar-refractivity contribution in [1.82, 2.24) is 0 Å². The van der Waals surface area contributed by atoms with Gasteiger partial charge in [0, 0.05) is 5.92 Å². The summed E-state index contributed by atoms with van der Waals surface area (Å²) in [5.41, 5.74) is 6.57. The van der Waals surface area contributed by atoms with E-state index in [0.29, 0.717) is 11.5 Å². The summed E-state index contributed by atoms with van der Waals surface area (Å²) >= 11 is 0. The fourth-order valence-corrected chi connectivity index (χ4v) is 4.26. The van der Waals surface area contributed by atoms with E-state index < -0.39 is 0 Å². The van der Waals surface area contributed by atoms with Crippen molar-refractivity contribution in [3.05, 3.63) is 57.6 Å². The number of rotatable bonds is 5. The first-order valence-corrected chi connectivity index (χ1v) is 10.9. The molecule has 0 radical (unpaired) electrons. The smallest absolute Gasteiger partial charge is 0.119 e. The summed E-state index contributed by atoms with van der Waals surface area (Å²) in [6.45, 7) is 19.3. The maximum atomic E-state index is 10.6. The van der Waals surface area contributed by atoms with Crippen molar-refractivity contribution in [2.24, 2.45) is 0 Å². The van der Waals surface area contributed by atoms with Gasteiger partial charge in [-0.3, -0.25) is 0 Å². The Labute approximate surface area is 178 Å². The molecule has 2 rings (SSSR count). The second-order valence-corrected chi connectivity index (χ2v) is 10.6. The lowest BCUT2D eigenvalue weighted by molar-refractivity contribution is 0.445. The van der Waals surface area contributed by atoms with E-state index >= 15 is 0 Å². The molecule has 0 saturated heterocycles. The largest absolute Gasteiger partial charge is 0.508 e. The number of phenolic OH excluding ortho intramolecular Hbond substituents is 2. The molecule has 29 heavy (non-hydrogen) atoms. The van der Waals surface area contributed by atoms with Crippen LogP contribution in [0.5, 0.6) is 11.5 Å². The van der Waals surface area contributed by atoms with Crippen LogP contribution >= 0.6 is 0 Å². The van der Waals surface area contributed by atoms with Crippen LogP contribution in [0.1, 0.15) is 107 Å². The summed E-state index contributed by atoms with van der Waals surface area (Å²) in [5.74, 6) is 1.01. The highest BCUT2D eigenvalue weighted by Crippen LogP contribution is 2.42. The maximum absolute atomic E-state index is 10.6. The highest BCUT2D eigenvalue weighted by Gasteiger charge is 2.26. The average Bonchev–Trinajstić information content (AvgIpc) is 2.55. The van der Waals surface area contributed by atoms with Crippen LogP contribution < -0.4 is 0 Å². The Balaban J connectivity index is 2.74. The van der Waals surface area contributed by atoms with Gasteiger partial charge in [0.15, 0.2) is 0 Å². The molecule has 160 valence electrons. The number of phenols is 2. The van der Waals surface area contributed by atoms with Crippen molar-refractivity contribution >= 4 is 0 Å². The zero-order valence-corrected chi connectivity index (χ0v) is 19.9. The Kier molecular flexibility index (Phi) is 6.77. The van der Waals surface area contributed by atoms with Gasteiger partial charge in [-0.1, -0.05) is 73.4 Å². The number of hydrogen-bond donors (Lipinski definition) is 2. The van der Waals surface area contributed by atoms with Crippen LogP contribution in [0.15, 0.2) is 24.3 Å². The molecule has 0 aliphatic carbocycles. The summed E-state index contributed by atoms with van der Waals surface area (Å²) in [6.07, 6.45) is 3.34. The van der Waals surface area contributed by atoms with Crippen molar-refractivity contribution in [3.8, 4) is 11.5 Å². The van der Waals surface area contributed by atoms with E-state index in [1.54, 1.807) is 0 Å². The van der Waals surface area contributed by atoms with Gasteiger partial charge in [0.25, 0.3) is 0 Å². The van der Waals surface area contributed by atoms with Crippen LogP contribution in [-0.4, -0.2) is 10.2 Å². The predicted molar refractivity (Wildman–Crippen MR) is 124 cm³/mol. The quantitative estimate of drug-likeness (QED) is 0.545. The van der Waals surface area contributed by atoms with Gasteiger partial charge < -0.3 is 10.2 Å². The lowest BCUT2D eigenvalue weighted by Crippen LogP contribution is -2.16. The standard InChI is InChI=1S/C27H40O2/c1-10-11-12-19(20-15-22(26(4,5)6)24(28)13-17(20)2)21-16-23(27(7,8)9)25(29)14-18(21)3/h13-16,19,28-29H,10-12H2,1-9H3. The minimum absolute atomic E-state index is 0.123. The molecule has 2 nitrogen and oxygen atoms in total. The minimum Gasteiger partial charge on any atom is -0.508 e. The summed E-state index contributed by atoms with van der Waals surface area (Å²) in [5, 5.41) is 21.2. The van der Waals surface area contributed by atoms with Gasteiger partial charge in [-0.15, -0.1) is 0 Å². The number of aryl methyl sites for hydroxylation is 2. The van der Waals surface area contributed by atoms with Gasteiger partial charge in [-0.25, -0.2) is 0 Å². The van der Waals surface area contributed by atoms with E-state index in [0.717, 1.165) is 41.5 Å². The minimum atomic E-state index is -0.123. The van der Waals surface area contributed by atoms with Gasteiger partial charge in [0.05, 0.1) is 0 Å². The molecular weight excluding hydrogens is 356 g/mol. The molecule has 0 bridgehead atoms. The highest BCUT2D eigenvalue weighted by molar-refractivity contribution is 5.52. The number of aromatic hydroxyl groups is 2. The second kappa shape index (κ2) is 8.42. The molecule has 0 aromatic heterocycles. The van der Waals surface area contributed by atoms with E-state index in [9.17, 15) is 10.2 Å². The Hall–Kier alpha value is -1.96. The van der Waals surface area contributed by atoms with Crippen molar-refractivity contribution in [2.45, 2.75) is 98.3 Å². The molecule has 2 heteroatoms. The van der Waals surface area contributed by atoms with Crippen LogP contribution in [0.2, 0.25) is 0 Å². The fourth-order valence-electron chi connectivity index (χ4n) is 4.26. The molecule has 2 N–H and O–H groups in total. The Morgan fingerprint density at radius 2 is 1.10 bits per heavy atom. The van der Waals surface area contributed by atoms with Gasteiger partial charge in [0.1, 0.15) is 11.5 Å². The molecule has 0 amide bonds. The van der Waals surface area contributed by atoms with E-state index in [4.69, 9.17) is 0 Å². The summed E-state index contributed by atoms with van der Waals surface area (Å²) in [4.78, 5) is 0.